The lowest BCUT2D eigenvalue weighted by Crippen LogP contribution is -2.30. The highest BCUT2D eigenvalue weighted by Gasteiger charge is 2.27. The van der Waals surface area contributed by atoms with Gasteiger partial charge in [0.25, 0.3) is 0 Å². The lowest BCUT2D eigenvalue weighted by molar-refractivity contribution is -0.161. The van der Waals surface area contributed by atoms with Crippen LogP contribution in [0.1, 0.15) is 170 Å². The quantitative estimate of drug-likeness (QED) is 0.0929. The molecule has 0 aromatic carbocycles. The van der Waals surface area contributed by atoms with Crippen LogP contribution >= 0.6 is 0 Å². The lowest BCUT2D eigenvalue weighted by atomic mass is 9.93. The Bertz CT molecular complexity index is 698. The first-order chi connectivity index (χ1) is 18.2. The molecule has 0 rings (SSSR count). The summed E-state index contributed by atoms with van der Waals surface area (Å²) in [5.41, 5.74) is -0.980. The highest BCUT2D eigenvalue weighted by Crippen LogP contribution is 2.21. The van der Waals surface area contributed by atoms with E-state index in [0.717, 1.165) is 32.1 Å². The second kappa shape index (κ2) is 21.1. The summed E-state index contributed by atoms with van der Waals surface area (Å²) in [6, 6.07) is 0. The fourth-order valence-electron chi connectivity index (χ4n) is 4.55. The predicted molar refractivity (Wildman–Crippen MR) is 159 cm³/mol. The Morgan fingerprint density at radius 2 is 0.923 bits per heavy atom. The number of esters is 2. The molecule has 0 bridgehead atoms. The van der Waals surface area contributed by atoms with Crippen molar-refractivity contribution in [2.45, 2.75) is 182 Å². The standard InChI is InChI=1S/C33H60O6/c1-27(34)24-25-28(31(37)39-33(5,6)7)26-29(35)22-20-18-16-14-12-10-8-9-11-13-15-17-19-21-23-30(36)38-32(2,3)4/h28H,8-26H2,1-7H3/t28-/m1/s1. The van der Waals surface area contributed by atoms with Gasteiger partial charge >= 0.3 is 11.9 Å². The Morgan fingerprint density at radius 3 is 1.31 bits per heavy atom. The highest BCUT2D eigenvalue weighted by atomic mass is 16.6. The summed E-state index contributed by atoms with van der Waals surface area (Å²) < 4.78 is 10.8. The molecule has 0 radical (unpaired) electrons. The van der Waals surface area contributed by atoms with Crippen molar-refractivity contribution in [2.75, 3.05) is 0 Å². The summed E-state index contributed by atoms with van der Waals surface area (Å²) >= 11 is 0. The maximum absolute atomic E-state index is 12.5. The predicted octanol–water partition coefficient (Wildman–Crippen LogP) is 8.86. The molecule has 1 atom stereocenters. The largest absolute Gasteiger partial charge is 0.460 e. The van der Waals surface area contributed by atoms with Crippen LogP contribution in [0.25, 0.3) is 0 Å². The van der Waals surface area contributed by atoms with Gasteiger partial charge in [-0.25, -0.2) is 0 Å². The molecular weight excluding hydrogens is 492 g/mol. The van der Waals surface area contributed by atoms with E-state index >= 15 is 0 Å². The van der Waals surface area contributed by atoms with Gasteiger partial charge in [-0.3, -0.25) is 14.4 Å². The highest BCUT2D eigenvalue weighted by molar-refractivity contribution is 5.85. The molecule has 6 nitrogen and oxygen atoms in total. The van der Waals surface area contributed by atoms with Gasteiger partial charge in [-0.05, 0) is 67.7 Å². The van der Waals surface area contributed by atoms with Crippen LogP contribution in [0.2, 0.25) is 0 Å². The van der Waals surface area contributed by atoms with Crippen molar-refractivity contribution in [3.05, 3.63) is 0 Å². The van der Waals surface area contributed by atoms with Crippen LogP contribution in [-0.2, 0) is 28.7 Å². The van der Waals surface area contributed by atoms with E-state index in [1.54, 1.807) is 0 Å². The number of carbonyl (C=O) groups excluding carboxylic acids is 4. The average Bonchev–Trinajstić information content (AvgIpc) is 2.79. The maximum Gasteiger partial charge on any atom is 0.309 e. The molecule has 39 heavy (non-hydrogen) atoms. The smallest absolute Gasteiger partial charge is 0.309 e. The Balaban J connectivity index is 3.71. The first kappa shape index (κ1) is 37.3. The first-order valence-corrected chi connectivity index (χ1v) is 15.7. The molecule has 0 spiro atoms. The number of ether oxygens (including phenoxy) is 2. The average molecular weight is 553 g/mol. The third kappa shape index (κ3) is 26.3. The van der Waals surface area contributed by atoms with E-state index in [1.165, 1.54) is 64.7 Å². The summed E-state index contributed by atoms with van der Waals surface area (Å²) in [7, 11) is 0. The van der Waals surface area contributed by atoms with Crippen molar-refractivity contribution in [1.82, 2.24) is 0 Å². The van der Waals surface area contributed by atoms with E-state index in [2.05, 4.69) is 0 Å². The summed E-state index contributed by atoms with van der Waals surface area (Å²) in [6.45, 7) is 12.7. The van der Waals surface area contributed by atoms with Gasteiger partial charge in [-0.1, -0.05) is 77.0 Å². The van der Waals surface area contributed by atoms with E-state index in [-0.39, 0.29) is 35.5 Å². The third-order valence-electron chi connectivity index (χ3n) is 6.57. The van der Waals surface area contributed by atoms with Gasteiger partial charge in [0.2, 0.25) is 0 Å². The minimum absolute atomic E-state index is 0.0276. The molecule has 0 aliphatic carbocycles. The van der Waals surface area contributed by atoms with Crippen molar-refractivity contribution in [3.8, 4) is 0 Å². The molecule has 6 heteroatoms. The van der Waals surface area contributed by atoms with E-state index in [1.807, 2.05) is 41.5 Å². The summed E-state index contributed by atoms with van der Waals surface area (Å²) in [4.78, 5) is 48.0. The van der Waals surface area contributed by atoms with Crippen molar-refractivity contribution >= 4 is 23.5 Å². The molecule has 0 N–H and O–H groups in total. The Labute approximate surface area is 239 Å². The van der Waals surface area contributed by atoms with Crippen LogP contribution in [0, 0.1) is 5.92 Å². The molecule has 0 aliphatic heterocycles. The van der Waals surface area contributed by atoms with Crippen molar-refractivity contribution < 1.29 is 28.7 Å². The number of hydrogen-bond acceptors (Lipinski definition) is 6. The van der Waals surface area contributed by atoms with Gasteiger partial charge in [0.1, 0.15) is 22.8 Å². The minimum atomic E-state index is -0.597. The van der Waals surface area contributed by atoms with Gasteiger partial charge in [0, 0.05) is 25.7 Å². The van der Waals surface area contributed by atoms with Crippen LogP contribution in [0.5, 0.6) is 0 Å². The lowest BCUT2D eigenvalue weighted by Gasteiger charge is -2.23. The van der Waals surface area contributed by atoms with Gasteiger partial charge in [0.15, 0.2) is 0 Å². The fraction of sp³-hybridized carbons (Fsp3) is 0.879. The molecular formula is C33H60O6. The Kier molecular flexibility index (Phi) is 20.2. The second-order valence-electron chi connectivity index (χ2n) is 13.3. The van der Waals surface area contributed by atoms with Gasteiger partial charge < -0.3 is 14.3 Å². The SMILES string of the molecule is CC(=O)CC[C@H](CC(=O)CCCCCCCCCCCCCCCCC(=O)OC(C)(C)C)C(=O)OC(C)(C)C. The number of carbonyl (C=O) groups is 4. The number of Topliss-reactive ketones (excluding diaryl/α,β-unsaturated/α-hetero) is 2. The molecule has 0 amide bonds. The number of hydrogen-bond donors (Lipinski definition) is 0. The molecule has 0 aromatic rings. The van der Waals surface area contributed by atoms with E-state index in [4.69, 9.17) is 9.47 Å². The van der Waals surface area contributed by atoms with Crippen LogP contribution in [0.3, 0.4) is 0 Å². The maximum atomic E-state index is 12.5. The zero-order valence-corrected chi connectivity index (χ0v) is 26.5. The monoisotopic (exact) mass is 552 g/mol. The normalized spacial score (nSPS) is 12.7. The molecule has 0 fully saturated rings. The summed E-state index contributed by atoms with van der Waals surface area (Å²) in [5.74, 6) is -0.851. The van der Waals surface area contributed by atoms with E-state index in [0.29, 0.717) is 25.7 Å². The zero-order valence-electron chi connectivity index (χ0n) is 26.5. The molecule has 0 aromatic heterocycles. The van der Waals surface area contributed by atoms with Crippen LogP contribution in [0.4, 0.5) is 0 Å². The van der Waals surface area contributed by atoms with Crippen molar-refractivity contribution in [1.29, 1.82) is 0 Å². The van der Waals surface area contributed by atoms with Crippen molar-refractivity contribution in [3.63, 3.8) is 0 Å². The van der Waals surface area contributed by atoms with Crippen LogP contribution in [0.15, 0.2) is 0 Å². The van der Waals surface area contributed by atoms with E-state index in [9.17, 15) is 19.2 Å². The van der Waals surface area contributed by atoms with Gasteiger partial charge in [-0.15, -0.1) is 0 Å². The minimum Gasteiger partial charge on any atom is -0.460 e. The molecule has 0 saturated carbocycles. The fourth-order valence-corrected chi connectivity index (χ4v) is 4.55. The number of unbranched alkanes of at least 4 members (excludes halogenated alkanes) is 13. The van der Waals surface area contributed by atoms with E-state index < -0.39 is 11.5 Å². The number of ketones is 2. The zero-order chi connectivity index (χ0) is 29.7. The second-order valence-corrected chi connectivity index (χ2v) is 13.3. The Hall–Kier alpha value is -1.72. The Morgan fingerprint density at radius 1 is 0.538 bits per heavy atom. The van der Waals surface area contributed by atoms with Crippen LogP contribution in [-0.4, -0.2) is 34.7 Å². The topological polar surface area (TPSA) is 86.7 Å². The molecule has 0 aliphatic rings. The third-order valence-corrected chi connectivity index (χ3v) is 6.57. The van der Waals surface area contributed by atoms with Gasteiger partial charge in [-0.2, -0.15) is 0 Å². The first-order valence-electron chi connectivity index (χ1n) is 15.7. The molecule has 0 heterocycles. The molecule has 228 valence electrons. The summed E-state index contributed by atoms with van der Waals surface area (Å²) in [5, 5.41) is 0. The van der Waals surface area contributed by atoms with Crippen molar-refractivity contribution in [2.24, 2.45) is 5.92 Å². The van der Waals surface area contributed by atoms with Crippen LogP contribution < -0.4 is 0 Å². The van der Waals surface area contributed by atoms with Gasteiger partial charge in [0.05, 0.1) is 5.92 Å². The molecule has 0 unspecified atom stereocenters. The number of rotatable bonds is 23. The summed E-state index contributed by atoms with van der Waals surface area (Å²) in [6.07, 6.45) is 18.4. The molecule has 0 saturated heterocycles.